The molecule has 0 aromatic heterocycles. The number of nitrogens with one attached hydrogen (secondary N) is 2. The number of carbonyl (C=O) groups is 4. The number of amides is 3. The second-order valence-electron chi connectivity index (χ2n) is 24.4. The van der Waals surface area contributed by atoms with E-state index in [4.69, 9.17) is 67.3 Å². The average molecular weight is 1390 g/mol. The lowest BCUT2D eigenvalue weighted by Gasteiger charge is -2.31. The van der Waals surface area contributed by atoms with Crippen LogP contribution in [0.1, 0.15) is 51.7 Å². The van der Waals surface area contributed by atoms with Crippen molar-refractivity contribution in [2.75, 3.05) is 66.2 Å². The molecule has 11 rings (SSSR count). The van der Waals surface area contributed by atoms with Gasteiger partial charge >= 0.3 is 24.4 Å². The Labute approximate surface area is 558 Å². The summed E-state index contributed by atoms with van der Waals surface area (Å²) in [5.41, 5.74) is 6.16. The van der Waals surface area contributed by atoms with Crippen LogP contribution in [0.25, 0.3) is 0 Å². The third-order valence-corrected chi connectivity index (χ3v) is 20.0. The van der Waals surface area contributed by atoms with Crippen LogP contribution in [0, 0.1) is 33.8 Å². The Morgan fingerprint density at radius 2 is 0.959 bits per heavy atom. The molecule has 0 saturated carbocycles. The molecular formula is C64H76N6O25S2. The Morgan fingerprint density at radius 3 is 1.35 bits per heavy atom. The molecule has 10 atom stereocenters. The summed E-state index contributed by atoms with van der Waals surface area (Å²) in [7, 11) is -8.24. The van der Waals surface area contributed by atoms with Crippen molar-refractivity contribution >= 4 is 50.2 Å². The summed E-state index contributed by atoms with van der Waals surface area (Å²) >= 11 is 0. The van der Waals surface area contributed by atoms with E-state index < -0.39 is 98.5 Å². The summed E-state index contributed by atoms with van der Waals surface area (Å²) in [5, 5.41) is 39.5. The molecule has 6 heterocycles. The number of non-ortho nitro benzene ring substituents is 1. The molecule has 6 N–H and O–H groups in total. The van der Waals surface area contributed by atoms with Gasteiger partial charge in [0.1, 0.15) is 29.5 Å². The third kappa shape index (κ3) is 18.5. The molecule has 3 amide bonds. The number of carbonyl (C=O) groups excluding carboxylic acids is 4. The van der Waals surface area contributed by atoms with Gasteiger partial charge in [0.25, 0.3) is 5.69 Å². The second kappa shape index (κ2) is 31.7. The highest BCUT2D eigenvalue weighted by Crippen LogP contribution is 2.38. The van der Waals surface area contributed by atoms with E-state index >= 15 is 0 Å². The van der Waals surface area contributed by atoms with Crippen LogP contribution in [0.5, 0.6) is 40.2 Å². The molecule has 6 aliphatic heterocycles. The van der Waals surface area contributed by atoms with Crippen LogP contribution in [0.15, 0.2) is 119 Å². The number of nitro benzene ring substituents is 1. The minimum absolute atomic E-state index is 0.00620. The van der Waals surface area contributed by atoms with Crippen LogP contribution < -0.4 is 49.5 Å². The highest BCUT2D eigenvalue weighted by Gasteiger charge is 2.46. The predicted octanol–water partition coefficient (Wildman–Crippen LogP) is 5.99. The number of aliphatic hydroxyl groups excluding tert-OH is 2. The molecule has 5 aromatic carbocycles. The standard InChI is InChI=1S/C35H39N3O14S.C29H37N3O11S/c1-21(2)17-37(53(44,45)26-11-12-30-31(16-26)49-20-48-30)18-29(39)28(36-34(40)52-32-19-47-33-27(32)13-14-46-33)15-22-3-7-24(8-4-22)50-35(41)51-25-9-5-23(6-10-25)38(42)43;1-17(2)13-32(44(36,37)20-7-8-24-25(12-20)41-16-40-24)14-23(33)22(11-18-3-5-19(6-4-18)42-28(30)34)31-29(35)43-26-15-39-27-21(26)9-10-38-27/h3-12,16,21,27-29,32-33,39H,13-15,17-20H2,1-2H3,(H,36,40);3-8,12,17,21-23,26-27,33H,9-11,13-16H2,1-2H3,(H2,30,34)(H,31,35)/t27-,28-,29+,32-,33+;21-,22-,23+,26-,27+/m00/s1. The molecule has 524 valence electrons. The van der Waals surface area contributed by atoms with Gasteiger partial charge in [-0.15, -0.1) is 0 Å². The number of aliphatic hydroxyl groups is 2. The summed E-state index contributed by atoms with van der Waals surface area (Å²) in [6.07, 6.45) is -6.88. The number of alkyl carbamates (subject to hydrolysis) is 2. The van der Waals surface area contributed by atoms with Gasteiger partial charge < -0.3 is 88.2 Å². The van der Waals surface area contributed by atoms with Gasteiger partial charge in [0.15, 0.2) is 35.6 Å². The lowest BCUT2D eigenvalue weighted by atomic mass is 10.0. The second-order valence-corrected chi connectivity index (χ2v) is 28.2. The minimum atomic E-state index is -4.15. The van der Waals surface area contributed by atoms with Gasteiger partial charge in [-0.3, -0.25) is 10.1 Å². The largest absolute Gasteiger partial charge is 0.519 e. The number of ether oxygens (including phenoxy) is 13. The Kier molecular flexibility index (Phi) is 23.3. The quantitative estimate of drug-likeness (QED) is 0.0184. The third-order valence-electron chi connectivity index (χ3n) is 16.3. The summed E-state index contributed by atoms with van der Waals surface area (Å²) < 4.78 is 128. The number of primary amides is 1. The van der Waals surface area contributed by atoms with Crippen molar-refractivity contribution in [2.24, 2.45) is 29.4 Å². The van der Waals surface area contributed by atoms with Gasteiger partial charge in [-0.05, 0) is 109 Å². The molecule has 97 heavy (non-hydrogen) atoms. The molecule has 0 spiro atoms. The first-order chi connectivity index (χ1) is 46.3. The van der Waals surface area contributed by atoms with Crippen molar-refractivity contribution in [3.8, 4) is 40.2 Å². The van der Waals surface area contributed by atoms with E-state index in [9.17, 15) is 56.3 Å². The zero-order valence-electron chi connectivity index (χ0n) is 53.2. The zero-order valence-corrected chi connectivity index (χ0v) is 54.9. The zero-order chi connectivity index (χ0) is 69.1. The molecule has 0 unspecified atom stereocenters. The molecule has 6 aliphatic rings. The predicted molar refractivity (Wildman–Crippen MR) is 337 cm³/mol. The Bertz CT molecular complexity index is 3810. The van der Waals surface area contributed by atoms with Crippen molar-refractivity contribution in [1.29, 1.82) is 0 Å². The van der Waals surface area contributed by atoms with Crippen molar-refractivity contribution < 1.29 is 113 Å². The van der Waals surface area contributed by atoms with Crippen LogP contribution in [-0.2, 0) is 61.3 Å². The van der Waals surface area contributed by atoms with Gasteiger partial charge in [0, 0.05) is 50.4 Å². The molecule has 4 saturated heterocycles. The minimum Gasteiger partial charge on any atom is -0.454 e. The van der Waals surface area contributed by atoms with E-state index in [1.54, 1.807) is 24.3 Å². The number of nitrogens with two attached hydrogens (primary N) is 1. The van der Waals surface area contributed by atoms with Gasteiger partial charge in [0.05, 0.1) is 77.3 Å². The number of nitro groups is 1. The number of sulfonamides is 2. The van der Waals surface area contributed by atoms with Crippen LogP contribution in [-0.4, -0.2) is 180 Å². The maximum absolute atomic E-state index is 13.9. The topological polar surface area (TPSA) is 397 Å². The van der Waals surface area contributed by atoms with Crippen LogP contribution in [0.4, 0.5) is 24.9 Å². The van der Waals surface area contributed by atoms with E-state index in [1.807, 2.05) is 27.7 Å². The smallest absolute Gasteiger partial charge is 0.454 e. The fourth-order valence-corrected chi connectivity index (χ4v) is 14.8. The molecular weight excluding hydrogens is 1320 g/mol. The first-order valence-corrected chi connectivity index (χ1v) is 34.1. The van der Waals surface area contributed by atoms with E-state index in [-0.39, 0.29) is 128 Å². The number of nitrogens with zero attached hydrogens (tertiary/aromatic N) is 3. The lowest BCUT2D eigenvalue weighted by Crippen LogP contribution is -2.51. The first kappa shape index (κ1) is 71.1. The van der Waals surface area contributed by atoms with E-state index in [0.29, 0.717) is 54.4 Å². The van der Waals surface area contributed by atoms with Crippen LogP contribution >= 0.6 is 0 Å². The highest BCUT2D eigenvalue weighted by molar-refractivity contribution is 7.89. The number of fused-ring (bicyclic) bond motifs is 4. The summed E-state index contributed by atoms with van der Waals surface area (Å²) in [5.74, 6) is 1.42. The Hall–Kier alpha value is -8.64. The molecule has 5 aromatic rings. The van der Waals surface area contributed by atoms with Crippen molar-refractivity contribution in [2.45, 2.75) is 112 Å². The summed E-state index contributed by atoms with van der Waals surface area (Å²) in [6, 6.07) is 24.0. The number of rotatable bonds is 26. The Morgan fingerprint density at radius 1 is 0.567 bits per heavy atom. The van der Waals surface area contributed by atoms with Gasteiger partial charge in [-0.1, -0.05) is 52.0 Å². The van der Waals surface area contributed by atoms with Crippen molar-refractivity contribution in [3.05, 3.63) is 130 Å². The maximum Gasteiger partial charge on any atom is 0.519 e. The summed E-state index contributed by atoms with van der Waals surface area (Å²) in [6.45, 7) is 8.18. The SMILES string of the molecule is CC(C)CN(C[C@@H](O)[C@H](Cc1ccc(OC(=O)Oc2ccc([N+](=O)[O-])cc2)cc1)NC(=O)O[C@H]1CO[C@H]2OCC[C@H]21)S(=O)(=O)c1ccc2c(c1)OCO2.CC(C)CN(C[C@@H](O)[C@H](Cc1ccc(OC(N)=O)cc1)NC(=O)O[C@H]1CO[C@H]2OCC[C@H]21)S(=O)(=O)c1ccc2c(c1)OCO2. The van der Waals surface area contributed by atoms with Crippen LogP contribution in [0.3, 0.4) is 0 Å². The van der Waals surface area contributed by atoms with E-state index in [1.165, 1.54) is 93.5 Å². The summed E-state index contributed by atoms with van der Waals surface area (Å²) in [4.78, 5) is 60.0. The van der Waals surface area contributed by atoms with Gasteiger partial charge in [-0.2, -0.15) is 8.61 Å². The number of hydrogen-bond acceptors (Lipinski definition) is 25. The van der Waals surface area contributed by atoms with E-state index in [0.717, 1.165) is 0 Å². The molecule has 33 heteroatoms. The highest BCUT2D eigenvalue weighted by atomic mass is 32.2. The molecule has 0 aliphatic carbocycles. The maximum atomic E-state index is 13.9. The van der Waals surface area contributed by atoms with Crippen molar-refractivity contribution in [1.82, 2.24) is 19.2 Å². The van der Waals surface area contributed by atoms with Gasteiger partial charge in [-0.25, -0.2) is 36.0 Å². The fraction of sp³-hybridized carbons (Fsp3) is 0.469. The number of hydrogen-bond donors (Lipinski definition) is 5. The number of benzene rings is 5. The van der Waals surface area contributed by atoms with Gasteiger partial charge in [0.2, 0.25) is 33.6 Å². The monoisotopic (exact) mass is 1390 g/mol. The average Bonchev–Trinajstić information content (AvgIpc) is 1.72. The fourth-order valence-electron chi connectivity index (χ4n) is 11.6. The Balaban J connectivity index is 0.000000214. The molecule has 0 bridgehead atoms. The normalized spacial score (nSPS) is 21.0. The molecule has 31 nitrogen and oxygen atoms in total. The molecule has 0 radical (unpaired) electrons. The van der Waals surface area contributed by atoms with E-state index in [2.05, 4.69) is 10.6 Å². The first-order valence-electron chi connectivity index (χ1n) is 31.2. The molecule has 4 fully saturated rings. The van der Waals surface area contributed by atoms with Crippen LogP contribution in [0.2, 0.25) is 0 Å². The lowest BCUT2D eigenvalue weighted by molar-refractivity contribution is -0.384. The van der Waals surface area contributed by atoms with Crippen molar-refractivity contribution in [3.63, 3.8) is 0 Å².